The highest BCUT2D eigenvalue weighted by atomic mass is 35.5. The predicted octanol–water partition coefficient (Wildman–Crippen LogP) is 3.85. The van der Waals surface area contributed by atoms with E-state index in [2.05, 4.69) is 10.6 Å². The second-order valence-electron chi connectivity index (χ2n) is 10.2. The molecule has 1 aromatic carbocycles. The molecule has 0 saturated heterocycles. The molecule has 0 spiro atoms. The Morgan fingerprint density at radius 1 is 1.17 bits per heavy atom. The van der Waals surface area contributed by atoms with Gasteiger partial charge in [-0.1, -0.05) is 23.7 Å². The van der Waals surface area contributed by atoms with Crippen LogP contribution in [-0.2, 0) is 25.7 Å². The maximum atomic E-state index is 13.2. The van der Waals surface area contributed by atoms with Gasteiger partial charge in [0.15, 0.2) is 0 Å². The molecule has 3 aliphatic rings. The number of fused-ring (bicyclic) bond motifs is 3. The maximum Gasteiger partial charge on any atom is 0.408 e. The quantitative estimate of drug-likeness (QED) is 0.444. The Labute approximate surface area is 212 Å². The molecule has 8 nitrogen and oxygen atoms in total. The van der Waals surface area contributed by atoms with E-state index in [1.54, 1.807) is 38.4 Å². The summed E-state index contributed by atoms with van der Waals surface area (Å²) in [4.78, 5) is 50.8. The molecule has 35 heavy (non-hydrogen) atoms. The summed E-state index contributed by atoms with van der Waals surface area (Å²) in [6.45, 7) is 0.0250. The third-order valence-electron chi connectivity index (χ3n) is 7.41. The molecule has 192 valence electrons. The van der Waals surface area contributed by atoms with Crippen LogP contribution in [0.2, 0.25) is 5.02 Å². The number of hydrogen-bond acceptors (Lipinski definition) is 5. The van der Waals surface area contributed by atoms with Crippen molar-refractivity contribution in [3.8, 4) is 0 Å². The summed E-state index contributed by atoms with van der Waals surface area (Å²) in [6, 6.07) is 5.38. The summed E-state index contributed by atoms with van der Waals surface area (Å²) in [5, 5.41) is 6.01. The molecule has 3 fully saturated rings. The van der Waals surface area contributed by atoms with Gasteiger partial charge in [0.1, 0.15) is 18.9 Å². The zero-order valence-electron chi connectivity index (χ0n) is 20.6. The van der Waals surface area contributed by atoms with Gasteiger partial charge in [-0.3, -0.25) is 9.59 Å². The van der Waals surface area contributed by atoms with Crippen molar-refractivity contribution in [1.82, 2.24) is 15.5 Å². The van der Waals surface area contributed by atoms with Gasteiger partial charge in [0.2, 0.25) is 11.8 Å². The second kappa shape index (κ2) is 12.4. The number of hydrogen-bond donors (Lipinski definition) is 2. The van der Waals surface area contributed by atoms with E-state index in [1.807, 2.05) is 0 Å². The van der Waals surface area contributed by atoms with Gasteiger partial charge in [-0.05, 0) is 80.4 Å². The number of aldehydes is 1. The predicted molar refractivity (Wildman–Crippen MR) is 133 cm³/mol. The molecule has 1 unspecified atom stereocenters. The Hall–Kier alpha value is -2.61. The van der Waals surface area contributed by atoms with E-state index in [9.17, 15) is 19.2 Å². The van der Waals surface area contributed by atoms with Crippen LogP contribution in [0.5, 0.6) is 0 Å². The van der Waals surface area contributed by atoms with Gasteiger partial charge in [-0.2, -0.15) is 0 Å². The van der Waals surface area contributed by atoms with Crippen molar-refractivity contribution in [3.05, 3.63) is 34.9 Å². The number of amides is 3. The molecule has 3 saturated carbocycles. The van der Waals surface area contributed by atoms with Gasteiger partial charge >= 0.3 is 6.09 Å². The molecular formula is C26H36ClN3O5. The van der Waals surface area contributed by atoms with Crippen molar-refractivity contribution in [1.29, 1.82) is 0 Å². The molecule has 0 aliphatic heterocycles. The lowest BCUT2D eigenvalue weighted by molar-refractivity contribution is -0.130. The molecule has 2 bridgehead atoms. The number of rotatable bonds is 11. The van der Waals surface area contributed by atoms with Gasteiger partial charge in [0, 0.05) is 25.5 Å². The SMILES string of the molecule is CN(C)C(=O)CC[C@@H](C=O)NC(=O)C(CC12CCC(CC1)CC2)NC(=O)OCc1cccc(Cl)c1. The number of alkyl carbamates (subject to hydrolysis) is 1. The summed E-state index contributed by atoms with van der Waals surface area (Å²) < 4.78 is 5.36. The number of benzene rings is 1. The van der Waals surface area contributed by atoms with Crippen molar-refractivity contribution >= 4 is 35.8 Å². The first kappa shape index (κ1) is 27.0. The highest BCUT2D eigenvalue weighted by Crippen LogP contribution is 2.52. The molecule has 3 amide bonds. The molecule has 2 N–H and O–H groups in total. The van der Waals surface area contributed by atoms with Crippen LogP contribution in [0.15, 0.2) is 24.3 Å². The van der Waals surface area contributed by atoms with E-state index in [0.29, 0.717) is 17.7 Å². The average molecular weight is 506 g/mol. The summed E-state index contributed by atoms with van der Waals surface area (Å²) in [6.07, 6.45) is 7.34. The van der Waals surface area contributed by atoms with E-state index in [4.69, 9.17) is 16.3 Å². The topological polar surface area (TPSA) is 105 Å². The van der Waals surface area contributed by atoms with Crippen LogP contribution in [0.25, 0.3) is 0 Å². The number of nitrogens with one attached hydrogen (secondary N) is 2. The summed E-state index contributed by atoms with van der Waals surface area (Å²) >= 11 is 5.99. The van der Waals surface area contributed by atoms with Gasteiger partial charge in [-0.15, -0.1) is 0 Å². The fourth-order valence-electron chi connectivity index (χ4n) is 5.21. The summed E-state index contributed by atoms with van der Waals surface area (Å²) in [5.41, 5.74) is 0.749. The molecule has 1 aromatic rings. The lowest BCUT2D eigenvalue weighted by atomic mass is 9.58. The standard InChI is InChI=1S/C26H36ClN3O5/c1-30(2)23(32)7-6-21(16-31)28-24(33)22(15-26-11-8-18(9-12-26)10-13-26)29-25(34)35-17-19-4-3-5-20(27)14-19/h3-5,14,16,18,21-22H,6-13,15,17H2,1-2H3,(H,28,33)(H,29,34)/t18?,21-,22?,26?/m0/s1. The van der Waals surface area contributed by atoms with Crippen LogP contribution in [0.1, 0.15) is 63.4 Å². The Morgan fingerprint density at radius 3 is 2.46 bits per heavy atom. The Bertz CT molecular complexity index is 900. The van der Waals surface area contributed by atoms with Crippen LogP contribution in [0, 0.1) is 11.3 Å². The molecule has 0 heterocycles. The molecule has 4 rings (SSSR count). The zero-order valence-corrected chi connectivity index (χ0v) is 21.3. The van der Waals surface area contributed by atoms with Crippen molar-refractivity contribution < 1.29 is 23.9 Å². The van der Waals surface area contributed by atoms with E-state index < -0.39 is 24.1 Å². The van der Waals surface area contributed by atoms with Crippen LogP contribution in [-0.4, -0.2) is 55.3 Å². The second-order valence-corrected chi connectivity index (χ2v) is 10.6. The summed E-state index contributed by atoms with van der Waals surface area (Å²) in [7, 11) is 3.29. The molecule has 3 aliphatic carbocycles. The lowest BCUT2D eigenvalue weighted by Gasteiger charge is -2.48. The first-order chi connectivity index (χ1) is 16.7. The Balaban J connectivity index is 1.64. The highest BCUT2D eigenvalue weighted by molar-refractivity contribution is 6.30. The Morgan fingerprint density at radius 2 is 1.86 bits per heavy atom. The normalized spacial score (nSPS) is 22.5. The van der Waals surface area contributed by atoms with Crippen molar-refractivity contribution in [2.75, 3.05) is 14.1 Å². The van der Waals surface area contributed by atoms with E-state index in [0.717, 1.165) is 50.0 Å². The van der Waals surface area contributed by atoms with E-state index in [-0.39, 0.29) is 30.8 Å². The van der Waals surface area contributed by atoms with Gasteiger partial charge in [0.25, 0.3) is 0 Å². The fraction of sp³-hybridized carbons (Fsp3) is 0.615. The molecule has 0 aromatic heterocycles. The minimum atomic E-state index is -0.830. The smallest absolute Gasteiger partial charge is 0.408 e. The third-order valence-corrected chi connectivity index (χ3v) is 7.65. The molecule has 0 radical (unpaired) electrons. The molecule has 2 atom stereocenters. The first-order valence-corrected chi connectivity index (χ1v) is 12.7. The molecular weight excluding hydrogens is 470 g/mol. The third kappa shape index (κ3) is 7.95. The first-order valence-electron chi connectivity index (χ1n) is 12.3. The van der Waals surface area contributed by atoms with Crippen LogP contribution < -0.4 is 10.6 Å². The fourth-order valence-corrected chi connectivity index (χ4v) is 5.42. The van der Waals surface area contributed by atoms with Gasteiger partial charge in [-0.25, -0.2) is 4.79 Å². The maximum absolute atomic E-state index is 13.2. The minimum absolute atomic E-state index is 0.00849. The van der Waals surface area contributed by atoms with Gasteiger partial charge in [0.05, 0.1) is 6.04 Å². The number of ether oxygens (including phenoxy) is 1. The minimum Gasteiger partial charge on any atom is -0.445 e. The number of nitrogens with zero attached hydrogens (tertiary/aromatic N) is 1. The zero-order chi connectivity index (χ0) is 25.4. The van der Waals surface area contributed by atoms with Crippen molar-refractivity contribution in [2.24, 2.45) is 11.3 Å². The highest BCUT2D eigenvalue weighted by Gasteiger charge is 2.43. The molecule has 9 heteroatoms. The number of carbonyl (C=O) groups excluding carboxylic acids is 4. The van der Waals surface area contributed by atoms with Crippen LogP contribution in [0.4, 0.5) is 4.79 Å². The van der Waals surface area contributed by atoms with Crippen LogP contribution in [0.3, 0.4) is 0 Å². The Kier molecular flexibility index (Phi) is 9.55. The van der Waals surface area contributed by atoms with Gasteiger partial charge < -0.3 is 25.1 Å². The largest absolute Gasteiger partial charge is 0.445 e. The van der Waals surface area contributed by atoms with Crippen molar-refractivity contribution in [3.63, 3.8) is 0 Å². The lowest BCUT2D eigenvalue weighted by Crippen LogP contribution is -2.53. The van der Waals surface area contributed by atoms with E-state index >= 15 is 0 Å². The van der Waals surface area contributed by atoms with Crippen LogP contribution >= 0.6 is 11.6 Å². The summed E-state index contributed by atoms with van der Waals surface area (Å²) in [5.74, 6) is 0.220. The van der Waals surface area contributed by atoms with Crippen molar-refractivity contribution in [2.45, 2.75) is 76.5 Å². The average Bonchev–Trinajstić information content (AvgIpc) is 2.85. The number of halogens is 1. The number of carbonyl (C=O) groups is 4. The van der Waals surface area contributed by atoms with E-state index in [1.165, 1.54) is 4.90 Å². The monoisotopic (exact) mass is 505 g/mol.